The fraction of sp³-hybridized carbons (Fsp3) is 0.500. The average molecular weight is 245 g/mol. The van der Waals surface area contributed by atoms with Crippen LogP contribution in [0, 0.1) is 11.3 Å². The third kappa shape index (κ3) is 1.72. The number of nitrogens with zero attached hydrogens (tertiary/aromatic N) is 2. The second-order valence-electron chi connectivity index (χ2n) is 5.82. The number of fused-ring (bicyclic) bond motifs is 1. The summed E-state index contributed by atoms with van der Waals surface area (Å²) in [5.41, 5.74) is 8.47. The van der Waals surface area contributed by atoms with E-state index in [1.54, 1.807) is 7.11 Å². The minimum Gasteiger partial charge on any atom is -0.497 e. The zero-order chi connectivity index (χ0) is 12.9. The summed E-state index contributed by atoms with van der Waals surface area (Å²) in [4.78, 5) is 4.40. The molecule has 3 rings (SSSR count). The van der Waals surface area contributed by atoms with Gasteiger partial charge in [0.1, 0.15) is 5.75 Å². The first-order valence-electron chi connectivity index (χ1n) is 6.31. The molecule has 0 spiro atoms. The van der Waals surface area contributed by atoms with Gasteiger partial charge in [-0.1, -0.05) is 13.8 Å². The largest absolute Gasteiger partial charge is 0.497 e. The van der Waals surface area contributed by atoms with E-state index in [1.807, 2.05) is 18.2 Å². The maximum atomic E-state index is 6.02. The molecule has 2 N–H and O–H groups in total. The number of methoxy groups -OCH3 is 1. The summed E-state index contributed by atoms with van der Waals surface area (Å²) >= 11 is 0. The van der Waals surface area contributed by atoms with Crippen LogP contribution in [0.2, 0.25) is 0 Å². The molecule has 0 bridgehead atoms. The van der Waals surface area contributed by atoms with Gasteiger partial charge in [0.25, 0.3) is 0 Å². The molecule has 18 heavy (non-hydrogen) atoms. The van der Waals surface area contributed by atoms with E-state index in [-0.39, 0.29) is 0 Å². The van der Waals surface area contributed by atoms with Crippen molar-refractivity contribution in [3.63, 3.8) is 0 Å². The molecule has 1 aromatic heterocycles. The van der Waals surface area contributed by atoms with Gasteiger partial charge in [-0.15, -0.1) is 0 Å². The number of imidazole rings is 1. The van der Waals surface area contributed by atoms with E-state index in [4.69, 9.17) is 10.5 Å². The number of ether oxygens (including phenoxy) is 1. The first kappa shape index (κ1) is 11.4. The van der Waals surface area contributed by atoms with Gasteiger partial charge in [-0.05, 0) is 29.9 Å². The number of benzene rings is 1. The predicted octanol–water partition coefficient (Wildman–Crippen LogP) is 2.67. The van der Waals surface area contributed by atoms with Gasteiger partial charge < -0.3 is 15.0 Å². The number of aromatic nitrogens is 2. The Morgan fingerprint density at radius 2 is 2.22 bits per heavy atom. The molecule has 96 valence electrons. The molecule has 1 heterocycles. The summed E-state index contributed by atoms with van der Waals surface area (Å²) in [6.07, 6.45) is 1.26. The minimum absolute atomic E-state index is 0.446. The van der Waals surface area contributed by atoms with Gasteiger partial charge in [0.05, 0.1) is 18.1 Å². The molecule has 1 fully saturated rings. The normalized spacial score (nSPS) is 21.2. The molecule has 1 aliphatic carbocycles. The van der Waals surface area contributed by atoms with Crippen molar-refractivity contribution in [3.8, 4) is 5.75 Å². The van der Waals surface area contributed by atoms with Crippen molar-refractivity contribution >= 4 is 17.0 Å². The number of nitrogens with two attached hydrogens (primary N) is 1. The Morgan fingerprint density at radius 3 is 2.83 bits per heavy atom. The molecule has 1 atom stereocenters. The fourth-order valence-corrected chi connectivity index (χ4v) is 2.55. The predicted molar refractivity (Wildman–Crippen MR) is 72.6 cm³/mol. The van der Waals surface area contributed by atoms with E-state index in [9.17, 15) is 0 Å². The van der Waals surface area contributed by atoms with Crippen LogP contribution >= 0.6 is 0 Å². The van der Waals surface area contributed by atoms with Crippen molar-refractivity contribution in [2.75, 3.05) is 12.8 Å². The van der Waals surface area contributed by atoms with Crippen LogP contribution < -0.4 is 10.5 Å². The van der Waals surface area contributed by atoms with Gasteiger partial charge in [-0.25, -0.2) is 4.98 Å². The van der Waals surface area contributed by atoms with E-state index in [2.05, 4.69) is 23.4 Å². The molecule has 1 aromatic carbocycles. The summed E-state index contributed by atoms with van der Waals surface area (Å²) in [5, 5.41) is 0. The average Bonchev–Trinajstić information content (AvgIpc) is 2.81. The Kier molecular flexibility index (Phi) is 2.30. The Bertz CT molecular complexity index is 600. The van der Waals surface area contributed by atoms with Crippen LogP contribution in [0.25, 0.3) is 11.0 Å². The van der Waals surface area contributed by atoms with Gasteiger partial charge in [-0.3, -0.25) is 0 Å². The molecule has 0 amide bonds. The maximum absolute atomic E-state index is 6.02. The molecule has 2 aromatic rings. The Balaban J connectivity index is 2.01. The van der Waals surface area contributed by atoms with Crippen LogP contribution in [-0.4, -0.2) is 16.7 Å². The first-order chi connectivity index (χ1) is 8.51. The molecule has 0 radical (unpaired) electrons. The third-order valence-electron chi connectivity index (χ3n) is 4.11. The van der Waals surface area contributed by atoms with Crippen molar-refractivity contribution in [1.29, 1.82) is 0 Å². The van der Waals surface area contributed by atoms with Crippen LogP contribution in [0.15, 0.2) is 18.2 Å². The monoisotopic (exact) mass is 245 g/mol. The summed E-state index contributed by atoms with van der Waals surface area (Å²) in [6.45, 7) is 5.55. The maximum Gasteiger partial charge on any atom is 0.201 e. The van der Waals surface area contributed by atoms with E-state index < -0.39 is 0 Å². The highest BCUT2D eigenvalue weighted by Gasteiger charge is 2.45. The highest BCUT2D eigenvalue weighted by molar-refractivity contribution is 5.79. The van der Waals surface area contributed by atoms with Crippen LogP contribution in [0.3, 0.4) is 0 Å². The lowest BCUT2D eigenvalue weighted by Crippen LogP contribution is -2.07. The molecular weight excluding hydrogens is 226 g/mol. The van der Waals surface area contributed by atoms with Crippen molar-refractivity contribution in [2.24, 2.45) is 11.3 Å². The van der Waals surface area contributed by atoms with E-state index in [1.165, 1.54) is 6.42 Å². The summed E-state index contributed by atoms with van der Waals surface area (Å²) in [6, 6.07) is 5.88. The quantitative estimate of drug-likeness (QED) is 0.904. The van der Waals surface area contributed by atoms with E-state index in [0.29, 0.717) is 17.3 Å². The second-order valence-corrected chi connectivity index (χ2v) is 5.82. The van der Waals surface area contributed by atoms with Crippen LogP contribution in [-0.2, 0) is 6.54 Å². The molecule has 1 aliphatic rings. The zero-order valence-corrected chi connectivity index (χ0v) is 11.1. The second kappa shape index (κ2) is 3.64. The highest BCUT2D eigenvalue weighted by Crippen LogP contribution is 2.52. The van der Waals surface area contributed by atoms with Gasteiger partial charge in [-0.2, -0.15) is 0 Å². The molecule has 4 heteroatoms. The lowest BCUT2D eigenvalue weighted by Gasteiger charge is -2.08. The summed E-state index contributed by atoms with van der Waals surface area (Å²) in [5.74, 6) is 2.14. The molecule has 0 saturated heterocycles. The summed E-state index contributed by atoms with van der Waals surface area (Å²) in [7, 11) is 1.68. The Hall–Kier alpha value is -1.71. The lowest BCUT2D eigenvalue weighted by atomic mass is 10.1. The van der Waals surface area contributed by atoms with Crippen LogP contribution in [0.4, 0.5) is 5.95 Å². The Morgan fingerprint density at radius 1 is 1.50 bits per heavy atom. The Labute approximate surface area is 107 Å². The molecule has 1 unspecified atom stereocenters. The standard InChI is InChI=1S/C14H19N3O/c1-14(2)7-9(14)8-17-12-6-10(18-3)4-5-11(12)16-13(17)15/h4-6,9H,7-8H2,1-3H3,(H2,15,16). The van der Waals surface area contributed by atoms with Crippen LogP contribution in [0.1, 0.15) is 20.3 Å². The smallest absolute Gasteiger partial charge is 0.201 e. The molecule has 1 saturated carbocycles. The number of rotatable bonds is 3. The number of anilines is 1. The minimum atomic E-state index is 0.446. The van der Waals surface area contributed by atoms with Crippen LogP contribution in [0.5, 0.6) is 5.75 Å². The van der Waals surface area contributed by atoms with Crippen molar-refractivity contribution in [1.82, 2.24) is 9.55 Å². The number of hydrogen-bond donors (Lipinski definition) is 1. The third-order valence-corrected chi connectivity index (χ3v) is 4.11. The van der Waals surface area contributed by atoms with Gasteiger partial charge >= 0.3 is 0 Å². The van der Waals surface area contributed by atoms with Gasteiger partial charge in [0.2, 0.25) is 5.95 Å². The SMILES string of the molecule is COc1ccc2nc(N)n(CC3CC3(C)C)c2c1. The van der Waals surface area contributed by atoms with Gasteiger partial charge in [0, 0.05) is 12.6 Å². The molecule has 4 nitrogen and oxygen atoms in total. The van der Waals surface area contributed by atoms with Crippen molar-refractivity contribution < 1.29 is 4.74 Å². The zero-order valence-electron chi connectivity index (χ0n) is 11.1. The number of nitrogen functional groups attached to an aromatic ring is 1. The fourth-order valence-electron chi connectivity index (χ4n) is 2.55. The van der Waals surface area contributed by atoms with E-state index in [0.717, 1.165) is 23.3 Å². The molecule has 0 aliphatic heterocycles. The molecular formula is C14H19N3O. The summed E-state index contributed by atoms with van der Waals surface area (Å²) < 4.78 is 7.37. The topological polar surface area (TPSA) is 53.1 Å². The van der Waals surface area contributed by atoms with Gasteiger partial charge in [0.15, 0.2) is 0 Å². The van der Waals surface area contributed by atoms with E-state index >= 15 is 0 Å². The first-order valence-corrected chi connectivity index (χ1v) is 6.31. The van der Waals surface area contributed by atoms with Crippen molar-refractivity contribution in [3.05, 3.63) is 18.2 Å². The number of hydrogen-bond acceptors (Lipinski definition) is 3. The van der Waals surface area contributed by atoms with Crippen molar-refractivity contribution in [2.45, 2.75) is 26.8 Å². The lowest BCUT2D eigenvalue weighted by molar-refractivity contribution is 0.415. The highest BCUT2D eigenvalue weighted by atomic mass is 16.5.